The standard InChI is InChI=1S/C17H18N2O2/c1-11-4-6-12(7-5-11)13-8-15(17(2,3)10-20)19-16(21)14(13)9-18/h4-8,20H,10H2,1-3H3,(H,19,21). The Morgan fingerprint density at radius 2 is 1.90 bits per heavy atom. The second-order valence-corrected chi connectivity index (χ2v) is 5.82. The third kappa shape index (κ3) is 2.88. The maximum atomic E-state index is 12.1. The van der Waals surface area contributed by atoms with E-state index in [1.54, 1.807) is 6.07 Å². The van der Waals surface area contributed by atoms with Crippen molar-refractivity contribution < 1.29 is 5.11 Å². The van der Waals surface area contributed by atoms with Crippen molar-refractivity contribution in [3.05, 3.63) is 57.5 Å². The first-order valence-electron chi connectivity index (χ1n) is 6.75. The number of nitriles is 1. The van der Waals surface area contributed by atoms with Gasteiger partial charge in [-0.05, 0) is 18.6 Å². The van der Waals surface area contributed by atoms with Gasteiger partial charge in [-0.1, -0.05) is 43.7 Å². The molecule has 0 saturated heterocycles. The molecular formula is C17H18N2O2. The van der Waals surface area contributed by atoms with Gasteiger partial charge in [0.15, 0.2) is 0 Å². The summed E-state index contributed by atoms with van der Waals surface area (Å²) in [5.41, 5.74) is 2.23. The summed E-state index contributed by atoms with van der Waals surface area (Å²) in [5, 5.41) is 18.7. The number of aryl methyl sites for hydroxylation is 1. The largest absolute Gasteiger partial charge is 0.395 e. The molecule has 0 aliphatic carbocycles. The van der Waals surface area contributed by atoms with E-state index in [1.807, 2.05) is 51.1 Å². The van der Waals surface area contributed by atoms with E-state index >= 15 is 0 Å². The Bertz CT molecular complexity index is 750. The monoisotopic (exact) mass is 282 g/mol. The van der Waals surface area contributed by atoms with Gasteiger partial charge in [0, 0.05) is 16.7 Å². The topological polar surface area (TPSA) is 76.9 Å². The van der Waals surface area contributed by atoms with E-state index < -0.39 is 11.0 Å². The second kappa shape index (κ2) is 5.55. The van der Waals surface area contributed by atoms with Gasteiger partial charge in [-0.3, -0.25) is 4.79 Å². The van der Waals surface area contributed by atoms with Crippen LogP contribution >= 0.6 is 0 Å². The first kappa shape index (κ1) is 15.0. The minimum absolute atomic E-state index is 0.0938. The highest BCUT2D eigenvalue weighted by molar-refractivity contribution is 5.70. The van der Waals surface area contributed by atoms with Crippen LogP contribution in [0.15, 0.2) is 35.1 Å². The van der Waals surface area contributed by atoms with Crippen LogP contribution in [-0.2, 0) is 5.41 Å². The zero-order valence-electron chi connectivity index (χ0n) is 12.4. The molecule has 0 aliphatic rings. The van der Waals surface area contributed by atoms with Crippen molar-refractivity contribution in [3.63, 3.8) is 0 Å². The summed E-state index contributed by atoms with van der Waals surface area (Å²) < 4.78 is 0. The molecule has 4 heteroatoms. The molecule has 0 fully saturated rings. The Labute approximate surface area is 123 Å². The predicted octanol–water partition coefficient (Wildman–Crippen LogP) is 2.49. The van der Waals surface area contributed by atoms with Crippen molar-refractivity contribution in [1.29, 1.82) is 5.26 Å². The normalized spacial score (nSPS) is 11.2. The molecule has 0 spiro atoms. The third-order valence-electron chi connectivity index (χ3n) is 3.63. The van der Waals surface area contributed by atoms with E-state index in [0.717, 1.165) is 11.1 Å². The Kier molecular flexibility index (Phi) is 3.97. The second-order valence-electron chi connectivity index (χ2n) is 5.82. The van der Waals surface area contributed by atoms with E-state index in [2.05, 4.69) is 4.98 Å². The van der Waals surface area contributed by atoms with Gasteiger partial charge in [-0.15, -0.1) is 0 Å². The number of aliphatic hydroxyl groups excluding tert-OH is 1. The Hall–Kier alpha value is -2.38. The average Bonchev–Trinajstić information content (AvgIpc) is 2.47. The zero-order valence-corrected chi connectivity index (χ0v) is 12.4. The number of nitrogens with one attached hydrogen (secondary N) is 1. The molecule has 2 aromatic rings. The van der Waals surface area contributed by atoms with E-state index in [0.29, 0.717) is 11.3 Å². The van der Waals surface area contributed by atoms with Gasteiger partial charge in [0.1, 0.15) is 11.6 Å². The highest BCUT2D eigenvalue weighted by Gasteiger charge is 2.23. The van der Waals surface area contributed by atoms with Crippen LogP contribution < -0.4 is 5.56 Å². The van der Waals surface area contributed by atoms with E-state index in [9.17, 15) is 15.2 Å². The molecule has 1 heterocycles. The van der Waals surface area contributed by atoms with Gasteiger partial charge in [-0.2, -0.15) is 5.26 Å². The zero-order chi connectivity index (χ0) is 15.6. The molecule has 0 radical (unpaired) electrons. The quantitative estimate of drug-likeness (QED) is 0.908. The number of pyridine rings is 1. The number of hydrogen-bond acceptors (Lipinski definition) is 3. The summed E-state index contributed by atoms with van der Waals surface area (Å²) in [5.74, 6) is 0. The average molecular weight is 282 g/mol. The Balaban J connectivity index is 2.72. The number of benzene rings is 1. The molecule has 0 saturated carbocycles. The summed E-state index contributed by atoms with van der Waals surface area (Å²) in [7, 11) is 0. The lowest BCUT2D eigenvalue weighted by Gasteiger charge is -2.22. The minimum atomic E-state index is -0.577. The molecular weight excluding hydrogens is 264 g/mol. The SMILES string of the molecule is Cc1ccc(-c2cc(C(C)(C)CO)[nH]c(=O)c2C#N)cc1. The van der Waals surface area contributed by atoms with Crippen LogP contribution in [0.25, 0.3) is 11.1 Å². The molecule has 0 bridgehead atoms. The van der Waals surface area contributed by atoms with Gasteiger partial charge >= 0.3 is 0 Å². The molecule has 21 heavy (non-hydrogen) atoms. The lowest BCUT2D eigenvalue weighted by molar-refractivity contribution is 0.215. The van der Waals surface area contributed by atoms with Crippen molar-refractivity contribution in [2.45, 2.75) is 26.2 Å². The molecule has 0 atom stereocenters. The van der Waals surface area contributed by atoms with Crippen molar-refractivity contribution in [2.75, 3.05) is 6.61 Å². The lowest BCUT2D eigenvalue weighted by Crippen LogP contribution is -2.27. The van der Waals surface area contributed by atoms with Gasteiger partial charge in [0.05, 0.1) is 6.61 Å². The van der Waals surface area contributed by atoms with Crippen LogP contribution in [0.4, 0.5) is 0 Å². The first-order chi connectivity index (χ1) is 9.89. The maximum absolute atomic E-state index is 12.1. The fourth-order valence-corrected chi connectivity index (χ4v) is 2.08. The van der Waals surface area contributed by atoms with Crippen molar-refractivity contribution in [2.24, 2.45) is 0 Å². The van der Waals surface area contributed by atoms with Gasteiger partial charge < -0.3 is 10.1 Å². The maximum Gasteiger partial charge on any atom is 0.266 e. The molecule has 0 aliphatic heterocycles. The summed E-state index contributed by atoms with van der Waals surface area (Å²) in [6, 6.07) is 11.4. The number of aromatic amines is 1. The molecule has 1 aromatic carbocycles. The summed E-state index contributed by atoms with van der Waals surface area (Å²) in [6.45, 7) is 5.56. The molecule has 2 N–H and O–H groups in total. The highest BCUT2D eigenvalue weighted by Crippen LogP contribution is 2.27. The summed E-state index contributed by atoms with van der Waals surface area (Å²) >= 11 is 0. The van der Waals surface area contributed by atoms with Gasteiger partial charge in [0.2, 0.25) is 0 Å². The molecule has 2 rings (SSSR count). The number of rotatable bonds is 3. The van der Waals surface area contributed by atoms with Crippen molar-refractivity contribution in [1.82, 2.24) is 4.98 Å². The van der Waals surface area contributed by atoms with Crippen LogP contribution in [0.1, 0.15) is 30.7 Å². The minimum Gasteiger partial charge on any atom is -0.395 e. The molecule has 0 unspecified atom stereocenters. The molecule has 108 valence electrons. The molecule has 0 amide bonds. The van der Waals surface area contributed by atoms with Crippen LogP contribution in [-0.4, -0.2) is 16.7 Å². The molecule has 1 aromatic heterocycles. The Morgan fingerprint density at radius 1 is 1.29 bits per heavy atom. The van der Waals surface area contributed by atoms with Crippen LogP contribution in [0.5, 0.6) is 0 Å². The molecule has 4 nitrogen and oxygen atoms in total. The first-order valence-corrected chi connectivity index (χ1v) is 6.75. The van der Waals surface area contributed by atoms with Gasteiger partial charge in [-0.25, -0.2) is 0 Å². The fraction of sp³-hybridized carbons (Fsp3) is 0.294. The van der Waals surface area contributed by atoms with E-state index in [4.69, 9.17) is 0 Å². The summed E-state index contributed by atoms with van der Waals surface area (Å²) in [6.07, 6.45) is 0. The number of hydrogen-bond donors (Lipinski definition) is 2. The number of H-pyrrole nitrogens is 1. The third-order valence-corrected chi connectivity index (χ3v) is 3.63. The lowest BCUT2D eigenvalue weighted by atomic mass is 9.87. The number of nitrogens with zero attached hydrogens (tertiary/aromatic N) is 1. The predicted molar refractivity (Wildman–Crippen MR) is 82.1 cm³/mol. The van der Waals surface area contributed by atoms with Crippen LogP contribution in [0, 0.1) is 18.3 Å². The van der Waals surface area contributed by atoms with Crippen LogP contribution in [0.2, 0.25) is 0 Å². The van der Waals surface area contributed by atoms with E-state index in [1.165, 1.54) is 0 Å². The summed E-state index contributed by atoms with van der Waals surface area (Å²) in [4.78, 5) is 14.8. The highest BCUT2D eigenvalue weighted by atomic mass is 16.3. The smallest absolute Gasteiger partial charge is 0.266 e. The number of aromatic nitrogens is 1. The number of aliphatic hydroxyl groups is 1. The van der Waals surface area contributed by atoms with Gasteiger partial charge in [0.25, 0.3) is 5.56 Å². The van der Waals surface area contributed by atoms with Crippen LogP contribution in [0.3, 0.4) is 0 Å². The fourth-order valence-electron chi connectivity index (χ4n) is 2.08. The van der Waals surface area contributed by atoms with E-state index in [-0.39, 0.29) is 12.2 Å². The van der Waals surface area contributed by atoms with Crippen molar-refractivity contribution in [3.8, 4) is 17.2 Å². The Morgan fingerprint density at radius 3 is 2.43 bits per heavy atom. The van der Waals surface area contributed by atoms with Crippen molar-refractivity contribution >= 4 is 0 Å².